The van der Waals surface area contributed by atoms with Crippen molar-refractivity contribution in [2.75, 3.05) is 6.54 Å². The molecule has 1 aliphatic rings. The maximum Gasteiger partial charge on any atom is 0.254 e. The first-order valence-corrected chi connectivity index (χ1v) is 6.50. The van der Waals surface area contributed by atoms with Gasteiger partial charge in [0.2, 0.25) is 0 Å². The predicted octanol–water partition coefficient (Wildman–Crippen LogP) is 3.43. The zero-order valence-electron chi connectivity index (χ0n) is 11.6. The summed E-state index contributed by atoms with van der Waals surface area (Å²) in [6, 6.07) is 6.40. The van der Waals surface area contributed by atoms with E-state index in [4.69, 9.17) is 0 Å². The molecule has 1 aromatic rings. The molecule has 0 spiro atoms. The number of rotatable bonds is 1. The van der Waals surface area contributed by atoms with Crippen molar-refractivity contribution in [2.45, 2.75) is 47.1 Å². The van der Waals surface area contributed by atoms with E-state index < -0.39 is 0 Å². The lowest BCUT2D eigenvalue weighted by Crippen LogP contribution is -2.42. The van der Waals surface area contributed by atoms with Gasteiger partial charge in [-0.15, -0.1) is 0 Å². The lowest BCUT2D eigenvalue weighted by atomic mass is 9.96. The van der Waals surface area contributed by atoms with Crippen LogP contribution in [0.15, 0.2) is 18.2 Å². The molecule has 0 N–H and O–H groups in total. The Labute approximate surface area is 105 Å². The van der Waals surface area contributed by atoms with Gasteiger partial charge in [0.05, 0.1) is 0 Å². The van der Waals surface area contributed by atoms with E-state index in [9.17, 15) is 4.79 Å². The maximum atomic E-state index is 12.1. The van der Waals surface area contributed by atoms with Crippen LogP contribution in [0.1, 0.15) is 49.2 Å². The largest absolute Gasteiger partial charge is 0.336 e. The van der Waals surface area contributed by atoms with E-state index in [1.807, 2.05) is 30.9 Å². The standard InChI is InChI=1S/C13H17NO.C2H6/c1-9(2)14-7-6-11-8-10(3)4-5-12(11)13(14)15;1-2/h4-5,8-9H,6-7H2,1-3H3;1-2H3. The molecule has 0 unspecified atom stereocenters. The third-order valence-corrected chi connectivity index (χ3v) is 3.00. The average molecular weight is 233 g/mol. The molecular formula is C15H23NO. The maximum absolute atomic E-state index is 12.1. The minimum absolute atomic E-state index is 0.186. The van der Waals surface area contributed by atoms with E-state index in [1.54, 1.807) is 0 Å². The molecule has 0 bridgehead atoms. The molecule has 2 rings (SSSR count). The molecule has 1 heterocycles. The summed E-state index contributed by atoms with van der Waals surface area (Å²) < 4.78 is 0. The lowest BCUT2D eigenvalue weighted by Gasteiger charge is -2.31. The van der Waals surface area contributed by atoms with Crippen molar-refractivity contribution in [1.29, 1.82) is 0 Å². The molecule has 1 aliphatic heterocycles. The van der Waals surface area contributed by atoms with Gasteiger partial charge in [-0.05, 0) is 38.8 Å². The van der Waals surface area contributed by atoms with Crippen molar-refractivity contribution in [1.82, 2.24) is 4.90 Å². The number of hydrogen-bond donors (Lipinski definition) is 0. The molecular weight excluding hydrogens is 210 g/mol. The summed E-state index contributed by atoms with van der Waals surface area (Å²) in [7, 11) is 0. The molecule has 0 fully saturated rings. The quantitative estimate of drug-likeness (QED) is 0.727. The molecule has 0 aromatic heterocycles. The third kappa shape index (κ3) is 2.87. The third-order valence-electron chi connectivity index (χ3n) is 3.00. The molecule has 94 valence electrons. The van der Waals surface area contributed by atoms with Gasteiger partial charge in [0.1, 0.15) is 0 Å². The van der Waals surface area contributed by atoms with Crippen molar-refractivity contribution >= 4 is 5.91 Å². The van der Waals surface area contributed by atoms with Gasteiger partial charge >= 0.3 is 0 Å². The van der Waals surface area contributed by atoms with Crippen LogP contribution in [-0.2, 0) is 6.42 Å². The van der Waals surface area contributed by atoms with E-state index in [-0.39, 0.29) is 5.91 Å². The van der Waals surface area contributed by atoms with Crippen molar-refractivity contribution < 1.29 is 4.79 Å². The van der Waals surface area contributed by atoms with Gasteiger partial charge < -0.3 is 4.90 Å². The fourth-order valence-corrected chi connectivity index (χ4v) is 2.13. The van der Waals surface area contributed by atoms with Gasteiger partial charge in [-0.2, -0.15) is 0 Å². The van der Waals surface area contributed by atoms with Gasteiger partial charge in [-0.3, -0.25) is 4.79 Å². The predicted molar refractivity (Wildman–Crippen MR) is 72.4 cm³/mol. The first-order valence-electron chi connectivity index (χ1n) is 6.50. The Morgan fingerprint density at radius 2 is 1.88 bits per heavy atom. The molecule has 0 saturated heterocycles. The van der Waals surface area contributed by atoms with Crippen LogP contribution < -0.4 is 0 Å². The Morgan fingerprint density at radius 3 is 2.47 bits per heavy atom. The summed E-state index contributed by atoms with van der Waals surface area (Å²) in [4.78, 5) is 14.0. The van der Waals surface area contributed by atoms with E-state index >= 15 is 0 Å². The average Bonchev–Trinajstić information content (AvgIpc) is 2.31. The van der Waals surface area contributed by atoms with Crippen LogP contribution in [0.25, 0.3) is 0 Å². The zero-order valence-corrected chi connectivity index (χ0v) is 11.6. The number of carbonyl (C=O) groups is 1. The lowest BCUT2D eigenvalue weighted by molar-refractivity contribution is 0.0688. The highest BCUT2D eigenvalue weighted by molar-refractivity contribution is 5.97. The second-order valence-corrected chi connectivity index (χ2v) is 4.50. The van der Waals surface area contributed by atoms with Crippen LogP contribution in [0, 0.1) is 6.92 Å². The van der Waals surface area contributed by atoms with Gasteiger partial charge in [0.15, 0.2) is 0 Å². The number of hydrogen-bond acceptors (Lipinski definition) is 1. The molecule has 0 atom stereocenters. The molecule has 0 aliphatic carbocycles. The minimum atomic E-state index is 0.186. The Balaban J connectivity index is 0.000000686. The fourth-order valence-electron chi connectivity index (χ4n) is 2.13. The highest BCUT2D eigenvalue weighted by Gasteiger charge is 2.25. The van der Waals surface area contributed by atoms with E-state index in [1.165, 1.54) is 11.1 Å². The summed E-state index contributed by atoms with van der Waals surface area (Å²) in [5, 5.41) is 0. The number of fused-ring (bicyclic) bond motifs is 1. The number of nitrogens with zero attached hydrogens (tertiary/aromatic N) is 1. The number of carbonyl (C=O) groups excluding carboxylic acids is 1. The highest BCUT2D eigenvalue weighted by atomic mass is 16.2. The van der Waals surface area contributed by atoms with Crippen LogP contribution in [0.2, 0.25) is 0 Å². The molecule has 2 nitrogen and oxygen atoms in total. The zero-order chi connectivity index (χ0) is 13.0. The van der Waals surface area contributed by atoms with E-state index in [0.717, 1.165) is 18.5 Å². The Bertz CT molecular complexity index is 396. The van der Waals surface area contributed by atoms with Gasteiger partial charge in [0.25, 0.3) is 5.91 Å². The summed E-state index contributed by atoms with van der Waals surface area (Å²) in [5.41, 5.74) is 3.33. The molecule has 17 heavy (non-hydrogen) atoms. The second-order valence-electron chi connectivity index (χ2n) is 4.50. The van der Waals surface area contributed by atoms with Crippen molar-refractivity contribution in [3.05, 3.63) is 34.9 Å². The van der Waals surface area contributed by atoms with E-state index in [0.29, 0.717) is 6.04 Å². The summed E-state index contributed by atoms with van der Waals surface area (Å²) in [6.45, 7) is 11.1. The van der Waals surface area contributed by atoms with Gasteiger partial charge in [-0.25, -0.2) is 0 Å². The van der Waals surface area contributed by atoms with Crippen LogP contribution in [0.4, 0.5) is 0 Å². The molecule has 1 aromatic carbocycles. The Morgan fingerprint density at radius 1 is 1.24 bits per heavy atom. The Kier molecular flexibility index (Phi) is 4.73. The summed E-state index contributed by atoms with van der Waals surface area (Å²) >= 11 is 0. The minimum Gasteiger partial charge on any atom is -0.336 e. The topological polar surface area (TPSA) is 20.3 Å². The van der Waals surface area contributed by atoms with Crippen LogP contribution in [0.5, 0.6) is 0 Å². The monoisotopic (exact) mass is 233 g/mol. The van der Waals surface area contributed by atoms with Crippen molar-refractivity contribution in [3.8, 4) is 0 Å². The summed E-state index contributed by atoms with van der Waals surface area (Å²) in [5.74, 6) is 0.186. The SMILES string of the molecule is CC.Cc1ccc2c(c1)CCN(C(C)C)C2=O. The van der Waals surface area contributed by atoms with Crippen LogP contribution >= 0.6 is 0 Å². The highest BCUT2D eigenvalue weighted by Crippen LogP contribution is 2.21. The number of benzene rings is 1. The van der Waals surface area contributed by atoms with Crippen molar-refractivity contribution in [2.24, 2.45) is 0 Å². The second kappa shape index (κ2) is 5.85. The number of amides is 1. The van der Waals surface area contributed by atoms with Crippen molar-refractivity contribution in [3.63, 3.8) is 0 Å². The first kappa shape index (κ1) is 13.8. The van der Waals surface area contributed by atoms with Crippen LogP contribution in [0.3, 0.4) is 0 Å². The molecule has 0 saturated carbocycles. The van der Waals surface area contributed by atoms with Gasteiger partial charge in [-0.1, -0.05) is 31.5 Å². The first-order chi connectivity index (χ1) is 8.09. The fraction of sp³-hybridized carbons (Fsp3) is 0.533. The Hall–Kier alpha value is -1.31. The molecule has 2 heteroatoms. The molecule has 0 radical (unpaired) electrons. The normalized spacial score (nSPS) is 14.2. The van der Waals surface area contributed by atoms with E-state index in [2.05, 4.69) is 26.8 Å². The van der Waals surface area contributed by atoms with Gasteiger partial charge in [0, 0.05) is 18.2 Å². The van der Waals surface area contributed by atoms with Crippen LogP contribution in [-0.4, -0.2) is 23.4 Å². The number of aryl methyl sites for hydroxylation is 1. The molecule has 1 amide bonds. The smallest absolute Gasteiger partial charge is 0.254 e. The summed E-state index contributed by atoms with van der Waals surface area (Å²) in [6.07, 6.45) is 0.987.